The number of methoxy groups -OCH3 is 1. The van der Waals surface area contributed by atoms with E-state index in [9.17, 15) is 9.59 Å². The van der Waals surface area contributed by atoms with Crippen molar-refractivity contribution >= 4 is 17.4 Å². The number of hydrogen-bond donors (Lipinski definition) is 0. The van der Waals surface area contributed by atoms with Crippen molar-refractivity contribution < 1.29 is 19.1 Å². The number of hydrogen-bond acceptors (Lipinski definition) is 5. The van der Waals surface area contributed by atoms with Crippen molar-refractivity contribution in [3.05, 3.63) is 64.9 Å². The Morgan fingerprint density at radius 2 is 1.56 bits per heavy atom. The summed E-state index contributed by atoms with van der Waals surface area (Å²) in [5.74, 6) is 0.963. The van der Waals surface area contributed by atoms with E-state index in [1.165, 1.54) is 4.90 Å². The van der Waals surface area contributed by atoms with Gasteiger partial charge in [-0.3, -0.25) is 14.5 Å². The highest BCUT2D eigenvalue weighted by molar-refractivity contribution is 6.35. The second-order valence-electron chi connectivity index (χ2n) is 8.38. The average Bonchev–Trinajstić information content (AvgIpc) is 3.05. The molecule has 2 aromatic rings. The molecule has 0 N–H and O–H groups in total. The zero-order chi connectivity index (χ0) is 22.7. The van der Waals surface area contributed by atoms with Crippen LogP contribution in [0.15, 0.2) is 48.2 Å². The molecule has 0 bridgehead atoms. The zero-order valence-corrected chi connectivity index (χ0v) is 19.0. The summed E-state index contributed by atoms with van der Waals surface area (Å²) in [6.45, 7) is 6.07. The first-order valence-electron chi connectivity index (χ1n) is 11.2. The maximum atomic E-state index is 13.5. The van der Waals surface area contributed by atoms with Crippen molar-refractivity contribution in [3.63, 3.8) is 0 Å². The van der Waals surface area contributed by atoms with Crippen LogP contribution in [0.3, 0.4) is 0 Å². The number of amides is 2. The lowest BCUT2D eigenvalue weighted by Crippen LogP contribution is -2.39. The van der Waals surface area contributed by atoms with E-state index in [0.29, 0.717) is 17.0 Å². The molecule has 0 spiro atoms. The molecule has 2 aliphatic heterocycles. The van der Waals surface area contributed by atoms with Gasteiger partial charge in [0.2, 0.25) is 0 Å². The van der Waals surface area contributed by atoms with Gasteiger partial charge in [0, 0.05) is 13.1 Å². The topological polar surface area (TPSA) is 59.1 Å². The van der Waals surface area contributed by atoms with Crippen molar-refractivity contribution in [2.75, 3.05) is 33.4 Å². The molecule has 0 saturated carbocycles. The van der Waals surface area contributed by atoms with Gasteiger partial charge in [-0.25, -0.2) is 0 Å². The van der Waals surface area contributed by atoms with Crippen LogP contribution in [-0.2, 0) is 9.59 Å². The molecule has 0 aromatic heterocycles. The maximum absolute atomic E-state index is 13.5. The minimum absolute atomic E-state index is 0.204. The first-order valence-corrected chi connectivity index (χ1v) is 11.2. The molecule has 2 amide bonds. The van der Waals surface area contributed by atoms with Gasteiger partial charge >= 0.3 is 0 Å². The first-order chi connectivity index (χ1) is 15.5. The van der Waals surface area contributed by atoms with Gasteiger partial charge in [0.1, 0.15) is 23.8 Å². The van der Waals surface area contributed by atoms with Crippen LogP contribution in [0.1, 0.15) is 36.0 Å². The third-order valence-corrected chi connectivity index (χ3v) is 6.11. The van der Waals surface area contributed by atoms with E-state index in [2.05, 4.69) is 11.0 Å². The van der Waals surface area contributed by atoms with Crippen molar-refractivity contribution in [2.45, 2.75) is 33.1 Å². The van der Waals surface area contributed by atoms with Crippen LogP contribution in [0.25, 0.3) is 5.57 Å². The molecule has 2 aromatic carbocycles. The van der Waals surface area contributed by atoms with Gasteiger partial charge in [-0.05, 0) is 68.5 Å². The molecule has 6 nitrogen and oxygen atoms in total. The quantitative estimate of drug-likeness (QED) is 0.618. The lowest BCUT2D eigenvalue weighted by molar-refractivity contribution is -0.138. The number of ether oxygens (including phenoxy) is 2. The Hall–Kier alpha value is -3.28. The van der Waals surface area contributed by atoms with E-state index in [4.69, 9.17) is 9.47 Å². The highest BCUT2D eigenvalue weighted by atomic mass is 16.5. The highest BCUT2D eigenvalue weighted by Gasteiger charge is 2.42. The number of carbonyl (C=O) groups is 2. The standard InChI is InChI=1S/C26H30N2O4/c1-18-7-12-22(19(2)17-18)23-24(27-13-5-4-6-14-27)26(30)28(25(23)29)15-16-32-21-10-8-20(31-3)9-11-21/h7-12,17H,4-6,13-16H2,1-3H3. The van der Waals surface area contributed by atoms with Crippen molar-refractivity contribution in [1.29, 1.82) is 0 Å². The first kappa shape index (κ1) is 21.9. The predicted molar refractivity (Wildman–Crippen MR) is 123 cm³/mol. The Morgan fingerprint density at radius 1 is 0.875 bits per heavy atom. The summed E-state index contributed by atoms with van der Waals surface area (Å²) in [6, 6.07) is 13.3. The number of carbonyl (C=O) groups excluding carboxylic acids is 2. The minimum atomic E-state index is -0.235. The predicted octanol–water partition coefficient (Wildman–Crippen LogP) is 3.96. The monoisotopic (exact) mass is 434 g/mol. The summed E-state index contributed by atoms with van der Waals surface area (Å²) in [7, 11) is 1.61. The number of rotatable bonds is 7. The summed E-state index contributed by atoms with van der Waals surface area (Å²) < 4.78 is 11.0. The van der Waals surface area contributed by atoms with Gasteiger partial charge in [-0.2, -0.15) is 0 Å². The van der Waals surface area contributed by atoms with Gasteiger partial charge in [0.25, 0.3) is 11.8 Å². The average molecular weight is 435 g/mol. The molecule has 0 atom stereocenters. The number of aryl methyl sites for hydroxylation is 2. The molecule has 4 rings (SSSR count). The van der Waals surface area contributed by atoms with Crippen LogP contribution < -0.4 is 9.47 Å². The second kappa shape index (κ2) is 9.47. The number of benzene rings is 2. The zero-order valence-electron chi connectivity index (χ0n) is 19.0. The summed E-state index contributed by atoms with van der Waals surface area (Å²) in [4.78, 5) is 30.4. The van der Waals surface area contributed by atoms with Gasteiger partial charge in [0.15, 0.2) is 0 Å². The van der Waals surface area contributed by atoms with Crippen molar-refractivity contribution in [2.24, 2.45) is 0 Å². The number of nitrogens with zero attached hydrogens (tertiary/aromatic N) is 2. The molecule has 2 aliphatic rings. The normalized spacial score (nSPS) is 16.7. The molecule has 1 fully saturated rings. The summed E-state index contributed by atoms with van der Waals surface area (Å²) in [5.41, 5.74) is 4.05. The number of piperidine rings is 1. The summed E-state index contributed by atoms with van der Waals surface area (Å²) >= 11 is 0. The van der Waals surface area contributed by atoms with Crippen LogP contribution in [0.5, 0.6) is 11.5 Å². The molecule has 1 saturated heterocycles. The molecule has 2 heterocycles. The Morgan fingerprint density at radius 3 is 2.22 bits per heavy atom. The van der Waals surface area contributed by atoms with E-state index >= 15 is 0 Å². The van der Waals surface area contributed by atoms with Crippen LogP contribution in [-0.4, -0.2) is 55.0 Å². The Balaban J connectivity index is 1.56. The van der Waals surface area contributed by atoms with Gasteiger partial charge in [0.05, 0.1) is 19.2 Å². The number of likely N-dealkylation sites (tertiary alicyclic amines) is 1. The number of imide groups is 1. The molecular formula is C26H30N2O4. The van der Waals surface area contributed by atoms with Crippen LogP contribution in [0.4, 0.5) is 0 Å². The molecule has 6 heteroatoms. The van der Waals surface area contributed by atoms with Gasteiger partial charge in [-0.1, -0.05) is 23.8 Å². The van der Waals surface area contributed by atoms with Crippen LogP contribution in [0, 0.1) is 13.8 Å². The third-order valence-electron chi connectivity index (χ3n) is 6.11. The van der Waals surface area contributed by atoms with E-state index in [1.807, 2.05) is 50.2 Å². The van der Waals surface area contributed by atoms with E-state index in [1.54, 1.807) is 7.11 Å². The molecule has 0 aliphatic carbocycles. The Labute approximate surface area is 189 Å². The molecule has 168 valence electrons. The van der Waals surface area contributed by atoms with Crippen LogP contribution in [0.2, 0.25) is 0 Å². The Bertz CT molecular complexity index is 1040. The summed E-state index contributed by atoms with van der Waals surface area (Å²) in [5, 5.41) is 0. The maximum Gasteiger partial charge on any atom is 0.277 e. The van der Waals surface area contributed by atoms with Crippen molar-refractivity contribution in [1.82, 2.24) is 9.80 Å². The van der Waals surface area contributed by atoms with Crippen LogP contribution >= 0.6 is 0 Å². The largest absolute Gasteiger partial charge is 0.497 e. The molecule has 32 heavy (non-hydrogen) atoms. The van der Waals surface area contributed by atoms with E-state index in [0.717, 1.165) is 54.8 Å². The fourth-order valence-corrected chi connectivity index (χ4v) is 4.44. The fraction of sp³-hybridized carbons (Fsp3) is 0.385. The van der Waals surface area contributed by atoms with E-state index < -0.39 is 0 Å². The van der Waals surface area contributed by atoms with Gasteiger partial charge < -0.3 is 14.4 Å². The van der Waals surface area contributed by atoms with Gasteiger partial charge in [-0.15, -0.1) is 0 Å². The van der Waals surface area contributed by atoms with Crippen molar-refractivity contribution in [3.8, 4) is 11.5 Å². The molecule has 0 unspecified atom stereocenters. The van der Waals surface area contributed by atoms with E-state index in [-0.39, 0.29) is 25.0 Å². The minimum Gasteiger partial charge on any atom is -0.497 e. The smallest absolute Gasteiger partial charge is 0.277 e. The third kappa shape index (κ3) is 4.35. The SMILES string of the molecule is COc1ccc(OCCN2C(=O)C(c3ccc(C)cc3C)=C(N3CCCCC3)C2=O)cc1. The molecule has 0 radical (unpaired) electrons. The Kier molecular flexibility index (Phi) is 6.49. The summed E-state index contributed by atoms with van der Waals surface area (Å²) in [6.07, 6.45) is 3.22. The lowest BCUT2D eigenvalue weighted by atomic mass is 9.97. The second-order valence-corrected chi connectivity index (χ2v) is 8.38. The fourth-order valence-electron chi connectivity index (χ4n) is 4.44. The highest BCUT2D eigenvalue weighted by Crippen LogP contribution is 2.34. The lowest BCUT2D eigenvalue weighted by Gasteiger charge is -2.29. The molecular weight excluding hydrogens is 404 g/mol.